The second-order valence-electron chi connectivity index (χ2n) is 6.22. The Balaban J connectivity index is 1.53. The molecule has 4 nitrogen and oxygen atoms in total. The molecule has 0 atom stereocenters. The van der Waals surface area contributed by atoms with Crippen LogP contribution in [-0.4, -0.2) is 39.3 Å². The van der Waals surface area contributed by atoms with Crippen molar-refractivity contribution >= 4 is 5.96 Å². The van der Waals surface area contributed by atoms with Gasteiger partial charge in [-0.05, 0) is 49.1 Å². The number of rotatable bonds is 10. The lowest BCUT2D eigenvalue weighted by atomic mass is 10.1. The summed E-state index contributed by atoms with van der Waals surface area (Å²) in [6, 6.07) is 8.86. The maximum Gasteiger partial charge on any atom is 0.190 e. The summed E-state index contributed by atoms with van der Waals surface area (Å²) in [5.74, 6) is 1.72. The van der Waals surface area contributed by atoms with Crippen LogP contribution in [-0.2, 0) is 17.6 Å². The van der Waals surface area contributed by atoms with Crippen LogP contribution in [0.3, 0.4) is 0 Å². The van der Waals surface area contributed by atoms with E-state index < -0.39 is 0 Å². The SMILES string of the molecule is CCc1ccc(CCNC(=NC)NCCCOCC2CC2)cc1. The number of benzene rings is 1. The van der Waals surface area contributed by atoms with Crippen LogP contribution in [0.4, 0.5) is 0 Å². The predicted molar refractivity (Wildman–Crippen MR) is 97.0 cm³/mol. The molecule has 0 aromatic heterocycles. The van der Waals surface area contributed by atoms with E-state index in [9.17, 15) is 0 Å². The van der Waals surface area contributed by atoms with Gasteiger partial charge in [-0.15, -0.1) is 0 Å². The Morgan fingerprint density at radius 3 is 2.48 bits per heavy atom. The van der Waals surface area contributed by atoms with Crippen molar-refractivity contribution in [1.82, 2.24) is 10.6 Å². The number of hydrogen-bond acceptors (Lipinski definition) is 2. The van der Waals surface area contributed by atoms with Crippen LogP contribution < -0.4 is 10.6 Å². The van der Waals surface area contributed by atoms with Gasteiger partial charge < -0.3 is 15.4 Å². The number of ether oxygens (including phenoxy) is 1. The normalized spacial score (nSPS) is 14.8. The minimum Gasteiger partial charge on any atom is -0.381 e. The van der Waals surface area contributed by atoms with Crippen LogP contribution >= 0.6 is 0 Å². The van der Waals surface area contributed by atoms with Gasteiger partial charge in [0.25, 0.3) is 0 Å². The molecule has 1 aromatic carbocycles. The first-order chi connectivity index (χ1) is 11.3. The summed E-state index contributed by atoms with van der Waals surface area (Å²) < 4.78 is 5.63. The molecule has 0 heterocycles. The zero-order valence-corrected chi connectivity index (χ0v) is 14.6. The smallest absolute Gasteiger partial charge is 0.190 e. The summed E-state index contributed by atoms with van der Waals surface area (Å²) >= 11 is 0. The molecule has 1 aromatic rings. The van der Waals surface area contributed by atoms with E-state index in [1.807, 2.05) is 7.05 Å². The molecular formula is C19H31N3O. The van der Waals surface area contributed by atoms with Crippen molar-refractivity contribution in [2.45, 2.75) is 39.0 Å². The molecular weight excluding hydrogens is 286 g/mol. The zero-order chi connectivity index (χ0) is 16.3. The van der Waals surface area contributed by atoms with Crippen molar-refractivity contribution in [3.8, 4) is 0 Å². The average Bonchev–Trinajstić information content (AvgIpc) is 3.41. The first-order valence-electron chi connectivity index (χ1n) is 8.92. The number of guanidine groups is 1. The van der Waals surface area contributed by atoms with Crippen molar-refractivity contribution in [3.63, 3.8) is 0 Å². The lowest BCUT2D eigenvalue weighted by molar-refractivity contribution is 0.123. The molecule has 1 aliphatic rings. The van der Waals surface area contributed by atoms with E-state index in [4.69, 9.17) is 4.74 Å². The molecule has 1 aliphatic carbocycles. The average molecular weight is 317 g/mol. The van der Waals surface area contributed by atoms with E-state index in [0.717, 1.165) is 57.4 Å². The molecule has 0 aliphatic heterocycles. The van der Waals surface area contributed by atoms with Gasteiger partial charge in [0, 0.05) is 33.4 Å². The van der Waals surface area contributed by atoms with Crippen LogP contribution in [0.5, 0.6) is 0 Å². The van der Waals surface area contributed by atoms with Crippen molar-refractivity contribution in [1.29, 1.82) is 0 Å². The fraction of sp³-hybridized carbons (Fsp3) is 0.632. The number of hydrogen-bond donors (Lipinski definition) is 2. The van der Waals surface area contributed by atoms with E-state index in [1.54, 1.807) is 0 Å². The monoisotopic (exact) mass is 317 g/mol. The molecule has 0 unspecified atom stereocenters. The van der Waals surface area contributed by atoms with Gasteiger partial charge in [-0.3, -0.25) is 4.99 Å². The van der Waals surface area contributed by atoms with E-state index in [1.165, 1.54) is 24.0 Å². The Morgan fingerprint density at radius 1 is 1.13 bits per heavy atom. The molecule has 2 N–H and O–H groups in total. The quantitative estimate of drug-likeness (QED) is 0.396. The third-order valence-corrected chi connectivity index (χ3v) is 4.17. The van der Waals surface area contributed by atoms with E-state index in [2.05, 4.69) is 46.8 Å². The number of aliphatic imine (C=N–C) groups is 1. The van der Waals surface area contributed by atoms with Crippen LogP contribution in [0.2, 0.25) is 0 Å². The van der Waals surface area contributed by atoms with E-state index >= 15 is 0 Å². The second kappa shape index (κ2) is 10.3. The van der Waals surface area contributed by atoms with Crippen LogP contribution in [0, 0.1) is 5.92 Å². The first-order valence-corrected chi connectivity index (χ1v) is 8.92. The summed E-state index contributed by atoms with van der Waals surface area (Å²) in [5.41, 5.74) is 2.75. The molecule has 0 spiro atoms. The molecule has 128 valence electrons. The molecule has 0 amide bonds. The van der Waals surface area contributed by atoms with Crippen molar-refractivity contribution in [2.24, 2.45) is 10.9 Å². The molecule has 2 rings (SSSR count). The Morgan fingerprint density at radius 2 is 1.83 bits per heavy atom. The molecule has 4 heteroatoms. The van der Waals surface area contributed by atoms with Gasteiger partial charge in [-0.2, -0.15) is 0 Å². The first kappa shape index (κ1) is 17.8. The Labute approximate surface area is 140 Å². The van der Waals surface area contributed by atoms with Gasteiger partial charge in [0.2, 0.25) is 0 Å². The highest BCUT2D eigenvalue weighted by Crippen LogP contribution is 2.28. The Hall–Kier alpha value is -1.55. The number of nitrogens with one attached hydrogen (secondary N) is 2. The lowest BCUT2D eigenvalue weighted by Crippen LogP contribution is -2.39. The highest BCUT2D eigenvalue weighted by atomic mass is 16.5. The van der Waals surface area contributed by atoms with Crippen molar-refractivity contribution < 1.29 is 4.74 Å². The fourth-order valence-electron chi connectivity index (χ4n) is 2.40. The standard InChI is InChI=1S/C19H31N3O/c1-3-16-5-7-17(8-6-16)11-13-22-19(20-2)21-12-4-14-23-15-18-9-10-18/h5-8,18H,3-4,9-15H2,1-2H3,(H2,20,21,22). The molecule has 1 saturated carbocycles. The van der Waals surface area contributed by atoms with Crippen molar-refractivity contribution in [2.75, 3.05) is 33.4 Å². The van der Waals surface area contributed by atoms with E-state index in [-0.39, 0.29) is 0 Å². The van der Waals surface area contributed by atoms with Gasteiger partial charge in [0.1, 0.15) is 0 Å². The molecule has 23 heavy (non-hydrogen) atoms. The highest BCUT2D eigenvalue weighted by molar-refractivity contribution is 5.79. The minimum atomic E-state index is 0.838. The summed E-state index contributed by atoms with van der Waals surface area (Å²) in [6.45, 7) is 5.76. The summed E-state index contributed by atoms with van der Waals surface area (Å²) in [7, 11) is 1.81. The molecule has 0 bridgehead atoms. The van der Waals surface area contributed by atoms with E-state index in [0.29, 0.717) is 0 Å². The Kier molecular flexibility index (Phi) is 7.95. The van der Waals surface area contributed by atoms with Gasteiger partial charge in [0.05, 0.1) is 0 Å². The maximum atomic E-state index is 5.63. The molecule has 0 saturated heterocycles. The third-order valence-electron chi connectivity index (χ3n) is 4.17. The van der Waals surface area contributed by atoms with Crippen molar-refractivity contribution in [3.05, 3.63) is 35.4 Å². The maximum absolute atomic E-state index is 5.63. The lowest BCUT2D eigenvalue weighted by Gasteiger charge is -2.12. The molecule has 1 fully saturated rings. The highest BCUT2D eigenvalue weighted by Gasteiger charge is 2.20. The minimum absolute atomic E-state index is 0.838. The van der Waals surface area contributed by atoms with Crippen LogP contribution in [0.15, 0.2) is 29.3 Å². The predicted octanol–water partition coefficient (Wildman–Crippen LogP) is 2.77. The summed E-state index contributed by atoms with van der Waals surface area (Å²) in [5, 5.41) is 6.70. The summed E-state index contributed by atoms with van der Waals surface area (Å²) in [4.78, 5) is 4.26. The van der Waals surface area contributed by atoms with Gasteiger partial charge in [0.15, 0.2) is 5.96 Å². The van der Waals surface area contributed by atoms with Crippen LogP contribution in [0.25, 0.3) is 0 Å². The number of nitrogens with zero attached hydrogens (tertiary/aromatic N) is 1. The summed E-state index contributed by atoms with van der Waals surface area (Å²) in [6.07, 6.45) is 5.84. The van der Waals surface area contributed by atoms with Gasteiger partial charge >= 0.3 is 0 Å². The molecule has 0 radical (unpaired) electrons. The topological polar surface area (TPSA) is 45.7 Å². The Bertz CT molecular complexity index is 466. The fourth-order valence-corrected chi connectivity index (χ4v) is 2.40. The third kappa shape index (κ3) is 7.51. The zero-order valence-electron chi connectivity index (χ0n) is 14.6. The van der Waals surface area contributed by atoms with Gasteiger partial charge in [-0.1, -0.05) is 31.2 Å². The van der Waals surface area contributed by atoms with Gasteiger partial charge in [-0.25, -0.2) is 0 Å². The van der Waals surface area contributed by atoms with Crippen LogP contribution in [0.1, 0.15) is 37.3 Å². The largest absolute Gasteiger partial charge is 0.381 e. The second-order valence-corrected chi connectivity index (χ2v) is 6.22. The number of aryl methyl sites for hydroxylation is 1.